The standard InChI is InChI=1S/C13H20N2O2.ClH/c1-9-5-6-15(11(7-9)8-14)13(16)12-4-3-10(2)17-12;/h3-4,9,11H,5-8,14H2,1-2H3;1H. The number of likely N-dealkylation sites (tertiary alicyclic amines) is 1. The molecule has 5 heteroatoms. The number of amides is 1. The Balaban J connectivity index is 0.00000162. The molecule has 0 aromatic carbocycles. The van der Waals surface area contributed by atoms with Crippen molar-refractivity contribution >= 4 is 18.3 Å². The number of carbonyl (C=O) groups is 1. The summed E-state index contributed by atoms with van der Waals surface area (Å²) in [4.78, 5) is 14.1. The van der Waals surface area contributed by atoms with Crippen molar-refractivity contribution in [3.63, 3.8) is 0 Å². The molecule has 1 amide bonds. The quantitative estimate of drug-likeness (QED) is 0.898. The highest BCUT2D eigenvalue weighted by Crippen LogP contribution is 2.24. The number of nitrogens with zero attached hydrogens (tertiary/aromatic N) is 1. The minimum atomic E-state index is -0.0274. The van der Waals surface area contributed by atoms with Gasteiger partial charge >= 0.3 is 0 Å². The van der Waals surface area contributed by atoms with Crippen LogP contribution in [0.1, 0.15) is 36.1 Å². The van der Waals surface area contributed by atoms with E-state index in [1.165, 1.54) is 0 Å². The molecule has 2 unspecified atom stereocenters. The molecule has 1 saturated heterocycles. The fourth-order valence-electron chi connectivity index (χ4n) is 2.43. The molecule has 2 atom stereocenters. The van der Waals surface area contributed by atoms with E-state index < -0.39 is 0 Å². The molecule has 102 valence electrons. The van der Waals surface area contributed by atoms with Crippen LogP contribution in [0.2, 0.25) is 0 Å². The predicted molar refractivity (Wildman–Crippen MR) is 73.0 cm³/mol. The van der Waals surface area contributed by atoms with Crippen LogP contribution in [0.4, 0.5) is 0 Å². The number of carbonyl (C=O) groups excluding carboxylic acids is 1. The lowest BCUT2D eigenvalue weighted by atomic mass is 9.92. The lowest BCUT2D eigenvalue weighted by Gasteiger charge is -2.37. The summed E-state index contributed by atoms with van der Waals surface area (Å²) < 4.78 is 5.39. The van der Waals surface area contributed by atoms with Crippen LogP contribution in [0.3, 0.4) is 0 Å². The molecule has 0 aliphatic carbocycles. The fourth-order valence-corrected chi connectivity index (χ4v) is 2.43. The minimum absolute atomic E-state index is 0. The van der Waals surface area contributed by atoms with Gasteiger partial charge in [0.05, 0.1) is 0 Å². The molecule has 18 heavy (non-hydrogen) atoms. The Morgan fingerprint density at radius 3 is 2.83 bits per heavy atom. The number of piperidine rings is 1. The average molecular weight is 273 g/mol. The number of aryl methyl sites for hydroxylation is 1. The highest BCUT2D eigenvalue weighted by Gasteiger charge is 2.30. The summed E-state index contributed by atoms with van der Waals surface area (Å²) >= 11 is 0. The number of rotatable bonds is 2. The summed E-state index contributed by atoms with van der Waals surface area (Å²) in [5, 5.41) is 0. The summed E-state index contributed by atoms with van der Waals surface area (Å²) in [5.74, 6) is 1.81. The predicted octanol–water partition coefficient (Wildman–Crippen LogP) is 2.21. The van der Waals surface area contributed by atoms with Crippen LogP contribution >= 0.6 is 12.4 Å². The first-order valence-electron chi connectivity index (χ1n) is 6.19. The Morgan fingerprint density at radius 2 is 2.28 bits per heavy atom. The SMILES string of the molecule is Cc1ccc(C(=O)N2CCC(C)CC2CN)o1.Cl. The summed E-state index contributed by atoms with van der Waals surface area (Å²) in [5.41, 5.74) is 5.75. The number of halogens is 1. The fraction of sp³-hybridized carbons (Fsp3) is 0.615. The van der Waals surface area contributed by atoms with Crippen LogP contribution in [-0.4, -0.2) is 29.9 Å². The molecule has 4 nitrogen and oxygen atoms in total. The molecule has 1 fully saturated rings. The first-order chi connectivity index (χ1) is 8.11. The molecule has 2 N–H and O–H groups in total. The van der Waals surface area contributed by atoms with Crippen molar-refractivity contribution in [2.75, 3.05) is 13.1 Å². The van der Waals surface area contributed by atoms with Gasteiger partial charge in [-0.2, -0.15) is 0 Å². The Labute approximate surface area is 114 Å². The van der Waals surface area contributed by atoms with E-state index >= 15 is 0 Å². The monoisotopic (exact) mass is 272 g/mol. The summed E-state index contributed by atoms with van der Waals surface area (Å²) in [6, 6.07) is 3.71. The zero-order chi connectivity index (χ0) is 12.4. The Hall–Kier alpha value is -1.00. The third-order valence-electron chi connectivity index (χ3n) is 3.46. The third-order valence-corrected chi connectivity index (χ3v) is 3.46. The lowest BCUT2D eigenvalue weighted by Crippen LogP contribution is -2.49. The maximum absolute atomic E-state index is 12.3. The van der Waals surface area contributed by atoms with Crippen molar-refractivity contribution in [2.24, 2.45) is 11.7 Å². The number of nitrogens with two attached hydrogens (primary N) is 1. The van der Waals surface area contributed by atoms with Gasteiger partial charge in [-0.05, 0) is 37.8 Å². The van der Waals surface area contributed by atoms with E-state index in [9.17, 15) is 4.79 Å². The molecule has 1 aliphatic rings. The second kappa shape index (κ2) is 6.25. The molecule has 0 spiro atoms. The van der Waals surface area contributed by atoms with E-state index in [1.807, 2.05) is 17.9 Å². The maximum atomic E-state index is 12.3. The molecule has 1 aromatic rings. The molecule has 2 heterocycles. The highest BCUT2D eigenvalue weighted by molar-refractivity contribution is 5.91. The zero-order valence-corrected chi connectivity index (χ0v) is 11.7. The van der Waals surface area contributed by atoms with E-state index in [4.69, 9.17) is 10.2 Å². The maximum Gasteiger partial charge on any atom is 0.289 e. The van der Waals surface area contributed by atoms with Gasteiger partial charge in [-0.1, -0.05) is 6.92 Å². The third kappa shape index (κ3) is 3.06. The van der Waals surface area contributed by atoms with Crippen LogP contribution < -0.4 is 5.73 Å². The van der Waals surface area contributed by atoms with Gasteiger partial charge in [0, 0.05) is 19.1 Å². The van der Waals surface area contributed by atoms with Gasteiger partial charge in [0.2, 0.25) is 0 Å². The molecule has 1 aromatic heterocycles. The topological polar surface area (TPSA) is 59.5 Å². The van der Waals surface area contributed by atoms with Gasteiger partial charge < -0.3 is 15.1 Å². The van der Waals surface area contributed by atoms with Crippen LogP contribution in [0.25, 0.3) is 0 Å². The van der Waals surface area contributed by atoms with Crippen LogP contribution in [0.15, 0.2) is 16.5 Å². The molecular weight excluding hydrogens is 252 g/mol. The van der Waals surface area contributed by atoms with Gasteiger partial charge in [-0.25, -0.2) is 0 Å². The van der Waals surface area contributed by atoms with Crippen molar-refractivity contribution in [1.29, 1.82) is 0 Å². The van der Waals surface area contributed by atoms with E-state index in [1.54, 1.807) is 6.07 Å². The Bertz CT molecular complexity index is 405. The normalized spacial score (nSPS) is 23.6. The van der Waals surface area contributed by atoms with Gasteiger partial charge in [0.1, 0.15) is 5.76 Å². The molecule has 0 saturated carbocycles. The lowest BCUT2D eigenvalue weighted by molar-refractivity contribution is 0.0540. The van der Waals surface area contributed by atoms with Crippen LogP contribution in [0, 0.1) is 12.8 Å². The number of hydrogen-bond donors (Lipinski definition) is 1. The molecule has 0 bridgehead atoms. The van der Waals surface area contributed by atoms with E-state index in [-0.39, 0.29) is 24.4 Å². The van der Waals surface area contributed by atoms with Crippen molar-refractivity contribution < 1.29 is 9.21 Å². The molecule has 2 rings (SSSR count). The van der Waals surface area contributed by atoms with Crippen molar-refractivity contribution in [3.05, 3.63) is 23.7 Å². The highest BCUT2D eigenvalue weighted by atomic mass is 35.5. The zero-order valence-electron chi connectivity index (χ0n) is 10.9. The van der Waals surface area contributed by atoms with E-state index in [2.05, 4.69) is 6.92 Å². The minimum Gasteiger partial charge on any atom is -0.456 e. The van der Waals surface area contributed by atoms with Gasteiger partial charge in [-0.15, -0.1) is 12.4 Å². The Morgan fingerprint density at radius 1 is 1.56 bits per heavy atom. The Kier molecular flexibility index (Phi) is 5.23. The second-order valence-electron chi connectivity index (χ2n) is 4.93. The van der Waals surface area contributed by atoms with Crippen molar-refractivity contribution in [1.82, 2.24) is 4.90 Å². The van der Waals surface area contributed by atoms with Gasteiger partial charge in [0.15, 0.2) is 5.76 Å². The summed E-state index contributed by atoms with van der Waals surface area (Å²) in [6.07, 6.45) is 2.03. The summed E-state index contributed by atoms with van der Waals surface area (Å²) in [7, 11) is 0. The smallest absolute Gasteiger partial charge is 0.289 e. The average Bonchev–Trinajstić information content (AvgIpc) is 2.75. The molecular formula is C13H21ClN2O2. The van der Waals surface area contributed by atoms with Crippen molar-refractivity contribution in [3.8, 4) is 0 Å². The van der Waals surface area contributed by atoms with E-state index in [0.29, 0.717) is 18.2 Å². The van der Waals surface area contributed by atoms with Crippen LogP contribution in [0.5, 0.6) is 0 Å². The first-order valence-corrected chi connectivity index (χ1v) is 6.19. The molecule has 1 aliphatic heterocycles. The first kappa shape index (κ1) is 15.1. The van der Waals surface area contributed by atoms with E-state index in [0.717, 1.165) is 25.1 Å². The molecule has 0 radical (unpaired) electrons. The number of furan rings is 1. The van der Waals surface area contributed by atoms with Gasteiger partial charge in [-0.3, -0.25) is 4.79 Å². The summed E-state index contributed by atoms with van der Waals surface area (Å²) in [6.45, 7) is 5.36. The van der Waals surface area contributed by atoms with Gasteiger partial charge in [0.25, 0.3) is 5.91 Å². The largest absolute Gasteiger partial charge is 0.456 e. The second-order valence-corrected chi connectivity index (χ2v) is 4.93. The van der Waals surface area contributed by atoms with Crippen molar-refractivity contribution in [2.45, 2.75) is 32.7 Å². The number of hydrogen-bond acceptors (Lipinski definition) is 3. The van der Waals surface area contributed by atoms with Crippen LogP contribution in [-0.2, 0) is 0 Å².